The zero-order valence-corrected chi connectivity index (χ0v) is 39.4. The second-order valence-corrected chi connectivity index (χ2v) is 17.5. The minimum absolute atomic E-state index is 0.0159. The Kier molecular flexibility index (Phi) is 17.2. The number of fused-ring (bicyclic) bond motifs is 3. The third-order valence-corrected chi connectivity index (χ3v) is 11.9. The number of hydrogen-bond acceptors (Lipinski definition) is 13. The van der Waals surface area contributed by atoms with Crippen molar-refractivity contribution in [2.45, 2.75) is 96.8 Å². The summed E-state index contributed by atoms with van der Waals surface area (Å²) in [4.78, 5) is 51.4. The molecule has 4 aromatic rings. The Bertz CT molecular complexity index is 2540. The highest BCUT2D eigenvalue weighted by molar-refractivity contribution is 5.99. The molecule has 3 N–H and O–H groups in total. The summed E-state index contributed by atoms with van der Waals surface area (Å²) < 4.78 is 34.4. The molecule has 3 aliphatic heterocycles. The number of hydrogen-bond donors (Lipinski definition) is 3. The minimum atomic E-state index is -1.56. The largest absolute Gasteiger partial charge is 0.507 e. The highest BCUT2D eigenvalue weighted by Gasteiger charge is 2.43. The SMILES string of the molecule is COCOc1cc(-c2ccccc2)cc2c1C(=O)O[C@@H](C)[C@H](C)/C=C\C(=O)[C@H]1OC(C)(C)O[C@H]1C/C=C/2.C[C@@H]1/C=C\C(=O)[C@@H](O)[C@@H](O)C/C=C/c2cc(-c3ccccc3)cc(O)c2C(=O)O[C@H]1C. The standard InChI is InChI=1S/C30H34O7.C25H26O6/c1-19-14-15-24(31)28-25(36-30(3,4)37-28)13-9-12-22-16-23(21-10-7-6-8-11-21)17-26(34-18-33-5)27(22)29(32)35-20(19)2;1-15-11-12-21(27)24(29)20(26)10-6-9-18-13-19(17-7-4-3-5-8-17)14-22(28)23(18)25(30)31-16(15)2/h6-12,14-17,19-20,25,28H,13,18H2,1-5H3;3-9,11-16,20,24,26,28-29H,10H2,1-2H3/b12-9+,15-14-;9-6+,12-11-/t19-,20+,25+,28-;15-,16+,20+,24+/m11/s1. The second kappa shape index (κ2) is 23.0. The summed E-state index contributed by atoms with van der Waals surface area (Å²) in [7, 11) is 1.53. The van der Waals surface area contributed by atoms with Crippen LogP contribution < -0.4 is 4.74 Å². The quantitative estimate of drug-likeness (QED) is 0.127. The van der Waals surface area contributed by atoms with E-state index >= 15 is 0 Å². The van der Waals surface area contributed by atoms with Crippen molar-refractivity contribution in [3.05, 3.63) is 144 Å². The summed E-state index contributed by atoms with van der Waals surface area (Å²) in [5.74, 6) is -3.26. The minimum Gasteiger partial charge on any atom is -0.507 e. The van der Waals surface area contributed by atoms with E-state index in [0.717, 1.165) is 16.7 Å². The van der Waals surface area contributed by atoms with Crippen molar-refractivity contribution in [3.8, 4) is 33.8 Å². The average Bonchev–Trinajstić information content (AvgIpc) is 3.64. The van der Waals surface area contributed by atoms with Gasteiger partial charge in [-0.15, -0.1) is 0 Å². The number of methoxy groups -OCH3 is 1. The van der Waals surface area contributed by atoms with Gasteiger partial charge in [0.25, 0.3) is 0 Å². The number of aliphatic hydroxyl groups is 2. The average molecular weight is 929 g/mol. The summed E-state index contributed by atoms with van der Waals surface area (Å²) in [5, 5.41) is 30.9. The normalized spacial score (nSPS) is 27.2. The van der Waals surface area contributed by atoms with Gasteiger partial charge >= 0.3 is 11.9 Å². The number of ketones is 2. The van der Waals surface area contributed by atoms with Gasteiger partial charge in [-0.25, -0.2) is 9.59 Å². The van der Waals surface area contributed by atoms with Gasteiger partial charge in [0.05, 0.1) is 12.2 Å². The molecule has 3 heterocycles. The third-order valence-electron chi connectivity index (χ3n) is 11.9. The van der Waals surface area contributed by atoms with E-state index in [1.54, 1.807) is 58.9 Å². The van der Waals surface area contributed by atoms with Gasteiger partial charge in [-0.05, 0) is 110 Å². The Balaban J connectivity index is 0.000000228. The smallest absolute Gasteiger partial charge is 0.342 e. The molecule has 0 aromatic heterocycles. The lowest BCUT2D eigenvalue weighted by atomic mass is 9.96. The summed E-state index contributed by atoms with van der Waals surface area (Å²) in [6, 6.07) is 26.2. The van der Waals surface area contributed by atoms with Gasteiger partial charge in [0, 0.05) is 18.9 Å². The predicted molar refractivity (Wildman–Crippen MR) is 257 cm³/mol. The number of aromatic hydroxyl groups is 1. The molecule has 4 aromatic carbocycles. The number of aliphatic hydroxyl groups excluding tert-OH is 2. The van der Waals surface area contributed by atoms with E-state index in [1.165, 1.54) is 31.4 Å². The molecule has 3 aliphatic rings. The van der Waals surface area contributed by atoms with Crippen molar-refractivity contribution >= 4 is 35.7 Å². The molecule has 0 spiro atoms. The van der Waals surface area contributed by atoms with Crippen LogP contribution in [0.2, 0.25) is 0 Å². The molecule has 13 nitrogen and oxygen atoms in total. The molecule has 8 atom stereocenters. The number of rotatable bonds is 5. The van der Waals surface area contributed by atoms with E-state index in [2.05, 4.69) is 0 Å². The first kappa shape index (κ1) is 50.9. The fourth-order valence-corrected chi connectivity index (χ4v) is 7.72. The Hall–Kier alpha value is -6.48. The molecule has 0 bridgehead atoms. The zero-order chi connectivity index (χ0) is 49.1. The number of benzene rings is 4. The van der Waals surface area contributed by atoms with Gasteiger partial charge in [0.15, 0.2) is 24.1 Å². The number of cyclic esters (lactones) is 2. The molecular weight excluding hydrogens is 869 g/mol. The highest BCUT2D eigenvalue weighted by atomic mass is 16.8. The van der Waals surface area contributed by atoms with Crippen LogP contribution in [0.3, 0.4) is 0 Å². The number of esters is 2. The van der Waals surface area contributed by atoms with Crippen LogP contribution in [0.15, 0.2) is 121 Å². The summed E-state index contributed by atoms with van der Waals surface area (Å²) >= 11 is 0. The van der Waals surface area contributed by atoms with Crippen LogP contribution in [0, 0.1) is 11.8 Å². The maximum absolute atomic E-state index is 13.5. The van der Waals surface area contributed by atoms with Crippen molar-refractivity contribution in [2.24, 2.45) is 11.8 Å². The summed E-state index contributed by atoms with van der Waals surface area (Å²) in [6.45, 7) is 10.7. The van der Waals surface area contributed by atoms with E-state index in [9.17, 15) is 34.5 Å². The third kappa shape index (κ3) is 12.9. The topological polar surface area (TPSA) is 184 Å². The lowest BCUT2D eigenvalue weighted by Gasteiger charge is -2.21. The van der Waals surface area contributed by atoms with E-state index in [0.29, 0.717) is 34.4 Å². The fraction of sp³-hybridized carbons (Fsp3) is 0.345. The van der Waals surface area contributed by atoms with Crippen LogP contribution in [0.5, 0.6) is 11.5 Å². The van der Waals surface area contributed by atoms with Crippen molar-refractivity contribution in [2.75, 3.05) is 13.9 Å². The monoisotopic (exact) mass is 928 g/mol. The molecule has 358 valence electrons. The van der Waals surface area contributed by atoms with Crippen LogP contribution in [-0.2, 0) is 33.3 Å². The molecule has 68 heavy (non-hydrogen) atoms. The Morgan fingerprint density at radius 1 is 0.632 bits per heavy atom. The summed E-state index contributed by atoms with van der Waals surface area (Å²) in [6.07, 6.45) is 8.07. The van der Waals surface area contributed by atoms with Gasteiger partial charge in [-0.2, -0.15) is 0 Å². The number of carbonyl (C=O) groups is 4. The highest BCUT2D eigenvalue weighted by Crippen LogP contribution is 2.36. The lowest BCUT2D eigenvalue weighted by molar-refractivity contribution is -0.152. The van der Waals surface area contributed by atoms with Gasteiger partial charge in [0.2, 0.25) is 0 Å². The molecule has 0 radical (unpaired) electrons. The van der Waals surface area contributed by atoms with Crippen molar-refractivity contribution in [3.63, 3.8) is 0 Å². The van der Waals surface area contributed by atoms with Gasteiger partial charge in [0.1, 0.15) is 47.0 Å². The maximum atomic E-state index is 13.5. The number of ether oxygens (including phenoxy) is 6. The first-order chi connectivity index (χ1) is 32.5. The molecule has 0 aliphatic carbocycles. The second-order valence-electron chi connectivity index (χ2n) is 17.5. The van der Waals surface area contributed by atoms with Crippen LogP contribution in [0.4, 0.5) is 0 Å². The van der Waals surface area contributed by atoms with E-state index < -0.39 is 60.1 Å². The molecule has 7 rings (SSSR count). The van der Waals surface area contributed by atoms with E-state index in [1.807, 2.05) is 91.9 Å². The van der Waals surface area contributed by atoms with E-state index in [4.69, 9.17) is 28.4 Å². The predicted octanol–water partition coefficient (Wildman–Crippen LogP) is 9.08. The van der Waals surface area contributed by atoms with Gasteiger partial charge in [-0.3, -0.25) is 9.59 Å². The van der Waals surface area contributed by atoms with Crippen LogP contribution in [-0.4, -0.2) is 95.1 Å². The molecule has 0 amide bonds. The van der Waals surface area contributed by atoms with Crippen LogP contribution in [0.25, 0.3) is 34.4 Å². The molecule has 1 saturated heterocycles. The van der Waals surface area contributed by atoms with Crippen molar-refractivity contribution in [1.29, 1.82) is 0 Å². The Labute approximate surface area is 397 Å². The lowest BCUT2D eigenvalue weighted by Crippen LogP contribution is -2.32. The van der Waals surface area contributed by atoms with Gasteiger partial charge in [-0.1, -0.05) is 111 Å². The Morgan fingerprint density at radius 3 is 1.72 bits per heavy atom. The maximum Gasteiger partial charge on any atom is 0.342 e. The molecule has 1 fully saturated rings. The Morgan fingerprint density at radius 2 is 1.15 bits per heavy atom. The van der Waals surface area contributed by atoms with Crippen LogP contribution >= 0.6 is 0 Å². The number of phenolic OH excluding ortho intramolecular Hbond substituents is 1. The van der Waals surface area contributed by atoms with Gasteiger partial charge < -0.3 is 43.7 Å². The first-order valence-electron chi connectivity index (χ1n) is 22.6. The molecular formula is C55H60O13. The van der Waals surface area contributed by atoms with Crippen LogP contribution in [0.1, 0.15) is 86.2 Å². The molecule has 13 heteroatoms. The fourth-order valence-electron chi connectivity index (χ4n) is 7.72. The molecule has 0 saturated carbocycles. The van der Waals surface area contributed by atoms with Crippen molar-refractivity contribution < 1.29 is 62.9 Å². The summed E-state index contributed by atoms with van der Waals surface area (Å²) in [5.41, 5.74) is 4.77. The first-order valence-corrected chi connectivity index (χ1v) is 22.6. The number of carbonyl (C=O) groups excluding carboxylic acids is 4. The zero-order valence-electron chi connectivity index (χ0n) is 39.4. The van der Waals surface area contributed by atoms with Crippen molar-refractivity contribution in [1.82, 2.24) is 0 Å². The molecule has 0 unspecified atom stereocenters. The number of phenols is 1. The van der Waals surface area contributed by atoms with E-state index in [-0.39, 0.29) is 42.1 Å².